The molecule has 0 saturated carbocycles. The molecule has 0 radical (unpaired) electrons. The summed E-state index contributed by atoms with van der Waals surface area (Å²) in [5.41, 5.74) is 5.40. The van der Waals surface area contributed by atoms with Crippen molar-refractivity contribution in [2.75, 3.05) is 17.6 Å². The summed E-state index contributed by atoms with van der Waals surface area (Å²) < 4.78 is 25.6. The Morgan fingerprint density at radius 2 is 2.14 bits per heavy atom. The predicted molar refractivity (Wildman–Crippen MR) is 54.3 cm³/mol. The maximum absolute atomic E-state index is 12.9. The lowest BCUT2D eigenvalue weighted by Gasteiger charge is -2.08. The van der Waals surface area contributed by atoms with Crippen LogP contribution in [0.2, 0.25) is 0 Å². The Morgan fingerprint density at radius 1 is 1.50 bits per heavy atom. The zero-order valence-electron chi connectivity index (χ0n) is 7.28. The molecule has 3 N–H and O–H groups in total. The van der Waals surface area contributed by atoms with Crippen LogP contribution in [0.4, 0.5) is 20.2 Å². The van der Waals surface area contributed by atoms with E-state index >= 15 is 0 Å². The molecule has 0 saturated heterocycles. The molecular formula is C9H9ClF2N2. The third-order valence-corrected chi connectivity index (χ3v) is 1.70. The molecule has 1 aromatic carbocycles. The van der Waals surface area contributed by atoms with Gasteiger partial charge in [0, 0.05) is 11.1 Å². The van der Waals surface area contributed by atoms with E-state index in [0.29, 0.717) is 5.03 Å². The van der Waals surface area contributed by atoms with Crippen LogP contribution in [0.3, 0.4) is 0 Å². The van der Waals surface area contributed by atoms with Crippen LogP contribution in [0, 0.1) is 11.6 Å². The van der Waals surface area contributed by atoms with Gasteiger partial charge in [0.1, 0.15) is 5.82 Å². The van der Waals surface area contributed by atoms with Gasteiger partial charge in [-0.25, -0.2) is 8.78 Å². The van der Waals surface area contributed by atoms with Crippen molar-refractivity contribution in [1.29, 1.82) is 0 Å². The van der Waals surface area contributed by atoms with Gasteiger partial charge >= 0.3 is 0 Å². The average Bonchev–Trinajstić information content (AvgIpc) is 2.08. The quantitative estimate of drug-likeness (QED) is 0.766. The van der Waals surface area contributed by atoms with Gasteiger partial charge in [0.25, 0.3) is 0 Å². The van der Waals surface area contributed by atoms with Crippen LogP contribution >= 0.6 is 11.6 Å². The van der Waals surface area contributed by atoms with E-state index in [1.54, 1.807) is 0 Å². The van der Waals surface area contributed by atoms with Gasteiger partial charge in [-0.15, -0.1) is 0 Å². The fourth-order valence-corrected chi connectivity index (χ4v) is 0.989. The largest absolute Gasteiger partial charge is 0.395 e. The monoisotopic (exact) mass is 218 g/mol. The normalized spacial score (nSPS) is 9.93. The summed E-state index contributed by atoms with van der Waals surface area (Å²) in [5, 5.41) is 2.99. The number of anilines is 2. The molecule has 1 aromatic rings. The minimum absolute atomic E-state index is 0.135. The molecule has 5 heteroatoms. The fraction of sp³-hybridized carbons (Fsp3) is 0.111. The van der Waals surface area contributed by atoms with E-state index in [4.69, 9.17) is 17.3 Å². The molecule has 1 rings (SSSR count). The van der Waals surface area contributed by atoms with Gasteiger partial charge in [0.05, 0.1) is 17.9 Å². The highest BCUT2D eigenvalue weighted by Gasteiger charge is 2.07. The minimum Gasteiger partial charge on any atom is -0.395 e. The molecule has 0 fully saturated rings. The van der Waals surface area contributed by atoms with Crippen molar-refractivity contribution in [1.82, 2.24) is 0 Å². The van der Waals surface area contributed by atoms with Crippen LogP contribution in [0.25, 0.3) is 0 Å². The van der Waals surface area contributed by atoms with Crippen molar-refractivity contribution in [3.05, 3.63) is 35.4 Å². The molecule has 0 aromatic heterocycles. The number of nitrogen functional groups attached to an aromatic ring is 1. The zero-order valence-corrected chi connectivity index (χ0v) is 8.04. The second-order valence-electron chi connectivity index (χ2n) is 2.72. The molecule has 0 aliphatic heterocycles. The Balaban J connectivity index is 2.90. The SMILES string of the molecule is C=C(Cl)CNc1cc(F)cc(F)c1N. The van der Waals surface area contributed by atoms with E-state index in [9.17, 15) is 8.78 Å². The second-order valence-corrected chi connectivity index (χ2v) is 3.25. The third-order valence-electron chi connectivity index (χ3n) is 1.56. The van der Waals surface area contributed by atoms with Crippen LogP contribution in [-0.4, -0.2) is 6.54 Å². The molecule has 0 bridgehead atoms. The van der Waals surface area contributed by atoms with Crippen molar-refractivity contribution < 1.29 is 8.78 Å². The molecule has 76 valence electrons. The molecule has 14 heavy (non-hydrogen) atoms. The molecule has 0 unspecified atom stereocenters. The molecule has 0 spiro atoms. The predicted octanol–water partition coefficient (Wildman–Crippen LogP) is 2.71. The van der Waals surface area contributed by atoms with E-state index in [0.717, 1.165) is 12.1 Å². The van der Waals surface area contributed by atoms with E-state index in [2.05, 4.69) is 11.9 Å². The first-order valence-electron chi connectivity index (χ1n) is 3.82. The van der Waals surface area contributed by atoms with Gasteiger partial charge < -0.3 is 11.1 Å². The van der Waals surface area contributed by atoms with Crippen LogP contribution in [0.1, 0.15) is 0 Å². The summed E-state index contributed by atoms with van der Waals surface area (Å²) in [6, 6.07) is 1.81. The van der Waals surface area contributed by atoms with Gasteiger partial charge in [-0.1, -0.05) is 18.2 Å². The van der Waals surface area contributed by atoms with E-state index in [-0.39, 0.29) is 17.9 Å². The van der Waals surface area contributed by atoms with Crippen molar-refractivity contribution in [2.24, 2.45) is 0 Å². The van der Waals surface area contributed by atoms with Crippen LogP contribution in [0.15, 0.2) is 23.7 Å². The van der Waals surface area contributed by atoms with Gasteiger partial charge in [0.15, 0.2) is 5.82 Å². The van der Waals surface area contributed by atoms with Crippen molar-refractivity contribution in [3.8, 4) is 0 Å². The minimum atomic E-state index is -0.798. The number of benzene rings is 1. The van der Waals surface area contributed by atoms with Crippen molar-refractivity contribution in [2.45, 2.75) is 0 Å². The van der Waals surface area contributed by atoms with E-state index < -0.39 is 11.6 Å². The lowest BCUT2D eigenvalue weighted by molar-refractivity contribution is 0.587. The Bertz CT molecular complexity index is 366. The standard InChI is InChI=1S/C9H9ClF2N2/c1-5(10)4-14-8-3-6(11)2-7(12)9(8)13/h2-3,14H,1,4,13H2. The molecule has 0 amide bonds. The summed E-state index contributed by atoms with van der Waals surface area (Å²) in [7, 11) is 0. The fourth-order valence-electron chi connectivity index (χ4n) is 0.922. The first-order chi connectivity index (χ1) is 6.50. The highest BCUT2D eigenvalue weighted by atomic mass is 35.5. The molecule has 0 heterocycles. The van der Waals surface area contributed by atoms with Gasteiger partial charge in [-0.2, -0.15) is 0 Å². The maximum atomic E-state index is 12.9. The molecule has 0 aliphatic carbocycles. The summed E-state index contributed by atoms with van der Waals surface area (Å²) in [6.07, 6.45) is 0. The second kappa shape index (κ2) is 4.28. The number of nitrogens with one attached hydrogen (secondary N) is 1. The number of rotatable bonds is 3. The number of nitrogens with two attached hydrogens (primary N) is 1. The number of halogens is 3. The van der Waals surface area contributed by atoms with Gasteiger partial charge in [-0.05, 0) is 6.07 Å². The highest BCUT2D eigenvalue weighted by molar-refractivity contribution is 6.29. The summed E-state index contributed by atoms with van der Waals surface area (Å²) >= 11 is 5.47. The van der Waals surface area contributed by atoms with Gasteiger partial charge in [-0.3, -0.25) is 0 Å². The van der Waals surface area contributed by atoms with Crippen molar-refractivity contribution in [3.63, 3.8) is 0 Å². The lowest BCUT2D eigenvalue weighted by Crippen LogP contribution is -2.05. The van der Waals surface area contributed by atoms with E-state index in [1.807, 2.05) is 0 Å². The maximum Gasteiger partial charge on any atom is 0.151 e. The summed E-state index contributed by atoms with van der Waals surface area (Å²) in [4.78, 5) is 0. The topological polar surface area (TPSA) is 38.0 Å². The van der Waals surface area contributed by atoms with E-state index in [1.165, 1.54) is 0 Å². The smallest absolute Gasteiger partial charge is 0.151 e. The highest BCUT2D eigenvalue weighted by Crippen LogP contribution is 2.23. The Kier molecular flexibility index (Phi) is 3.30. The third kappa shape index (κ3) is 2.60. The summed E-state index contributed by atoms with van der Waals surface area (Å²) in [6.45, 7) is 3.62. The first-order valence-corrected chi connectivity index (χ1v) is 4.20. The molecular weight excluding hydrogens is 210 g/mol. The van der Waals surface area contributed by atoms with Crippen LogP contribution in [-0.2, 0) is 0 Å². The lowest BCUT2D eigenvalue weighted by atomic mass is 10.2. The Hall–Kier alpha value is -1.29. The van der Waals surface area contributed by atoms with Crippen LogP contribution in [0.5, 0.6) is 0 Å². The molecule has 2 nitrogen and oxygen atoms in total. The Morgan fingerprint density at radius 3 is 2.71 bits per heavy atom. The number of hydrogen-bond donors (Lipinski definition) is 2. The molecule has 0 atom stereocenters. The Labute approximate surface area is 85.4 Å². The van der Waals surface area contributed by atoms with Crippen molar-refractivity contribution >= 4 is 23.0 Å². The zero-order chi connectivity index (χ0) is 10.7. The first kappa shape index (κ1) is 10.8. The number of hydrogen-bond acceptors (Lipinski definition) is 2. The summed E-state index contributed by atoms with van der Waals surface area (Å²) in [5.74, 6) is -1.49. The average molecular weight is 219 g/mol. The van der Waals surface area contributed by atoms with Gasteiger partial charge in [0.2, 0.25) is 0 Å². The van der Waals surface area contributed by atoms with Crippen LogP contribution < -0.4 is 11.1 Å². The molecule has 0 aliphatic rings.